The van der Waals surface area contributed by atoms with Gasteiger partial charge in [-0.15, -0.1) is 0 Å². The van der Waals surface area contributed by atoms with Crippen molar-refractivity contribution in [3.05, 3.63) is 42.5 Å². The third kappa shape index (κ3) is 4.08. The number of fused-ring (bicyclic) bond motifs is 1. The highest BCUT2D eigenvalue weighted by Crippen LogP contribution is 2.25. The summed E-state index contributed by atoms with van der Waals surface area (Å²) in [6, 6.07) is 14.3. The molecular formula is C21H30NO2+. The van der Waals surface area contributed by atoms with Gasteiger partial charge in [-0.05, 0) is 44.1 Å². The van der Waals surface area contributed by atoms with Gasteiger partial charge < -0.3 is 14.3 Å². The third-order valence-corrected chi connectivity index (χ3v) is 5.46. The van der Waals surface area contributed by atoms with Crippen LogP contribution in [-0.4, -0.2) is 48.5 Å². The maximum absolute atomic E-state index is 10.6. The molecule has 3 rings (SSSR count). The van der Waals surface area contributed by atoms with Gasteiger partial charge in [-0.2, -0.15) is 0 Å². The quantitative estimate of drug-likeness (QED) is 0.813. The summed E-state index contributed by atoms with van der Waals surface area (Å²) in [5, 5.41) is 12.9. The van der Waals surface area contributed by atoms with Crippen molar-refractivity contribution in [2.24, 2.45) is 0 Å². The molecule has 1 atom stereocenters. The van der Waals surface area contributed by atoms with Gasteiger partial charge in [0.15, 0.2) is 0 Å². The van der Waals surface area contributed by atoms with E-state index in [1.165, 1.54) is 44.2 Å². The molecule has 1 fully saturated rings. The Hall–Kier alpha value is -1.58. The third-order valence-electron chi connectivity index (χ3n) is 5.46. The zero-order chi connectivity index (χ0) is 16.8. The fraction of sp³-hybridized carbons (Fsp3) is 0.524. The van der Waals surface area contributed by atoms with Crippen molar-refractivity contribution in [2.75, 3.05) is 32.8 Å². The first kappa shape index (κ1) is 17.2. The Bertz CT molecular complexity index is 642. The molecule has 0 saturated carbocycles. The van der Waals surface area contributed by atoms with Crippen LogP contribution in [0.4, 0.5) is 0 Å². The zero-order valence-electron chi connectivity index (χ0n) is 14.8. The number of ether oxygens (including phenoxy) is 1. The Morgan fingerprint density at radius 2 is 1.71 bits per heavy atom. The summed E-state index contributed by atoms with van der Waals surface area (Å²) in [6.07, 6.45) is 4.82. The van der Waals surface area contributed by atoms with Crippen LogP contribution in [0.25, 0.3) is 10.8 Å². The number of aliphatic hydroxyl groups is 1. The van der Waals surface area contributed by atoms with Crippen molar-refractivity contribution < 1.29 is 14.3 Å². The molecule has 24 heavy (non-hydrogen) atoms. The summed E-state index contributed by atoms with van der Waals surface area (Å²) in [5.74, 6) is 0.867. The highest BCUT2D eigenvalue weighted by atomic mass is 16.5. The van der Waals surface area contributed by atoms with Gasteiger partial charge in [0.1, 0.15) is 25.0 Å². The molecule has 1 aliphatic rings. The van der Waals surface area contributed by atoms with Crippen LogP contribution in [0.15, 0.2) is 42.5 Å². The Kier molecular flexibility index (Phi) is 5.75. The average Bonchev–Trinajstić information content (AvgIpc) is 2.86. The van der Waals surface area contributed by atoms with Gasteiger partial charge in [0, 0.05) is 5.39 Å². The van der Waals surface area contributed by atoms with Gasteiger partial charge in [-0.25, -0.2) is 0 Å². The van der Waals surface area contributed by atoms with Gasteiger partial charge in [0.2, 0.25) is 0 Å². The van der Waals surface area contributed by atoms with Gasteiger partial charge in [-0.3, -0.25) is 0 Å². The molecule has 0 spiro atoms. The van der Waals surface area contributed by atoms with E-state index in [-0.39, 0.29) is 0 Å². The fourth-order valence-electron chi connectivity index (χ4n) is 3.99. The van der Waals surface area contributed by atoms with Crippen molar-refractivity contribution in [3.8, 4) is 5.75 Å². The molecule has 0 aromatic heterocycles. The number of hydrogen-bond acceptors (Lipinski definition) is 2. The number of hydrogen-bond donors (Lipinski definition) is 1. The number of likely N-dealkylation sites (tertiary alicyclic amines) is 1. The molecule has 0 radical (unpaired) electrons. The summed E-state index contributed by atoms with van der Waals surface area (Å²) < 4.78 is 7.03. The molecule has 0 bridgehead atoms. The highest BCUT2D eigenvalue weighted by molar-refractivity contribution is 5.88. The van der Waals surface area contributed by atoms with Gasteiger partial charge in [-0.1, -0.05) is 36.4 Å². The zero-order valence-corrected chi connectivity index (χ0v) is 14.8. The molecule has 1 saturated heterocycles. The minimum Gasteiger partial charge on any atom is -0.490 e. The molecule has 2 aromatic rings. The van der Waals surface area contributed by atoms with Crippen LogP contribution in [0, 0.1) is 0 Å². The van der Waals surface area contributed by atoms with Crippen LogP contribution in [0.1, 0.15) is 32.6 Å². The number of aliphatic hydroxyl groups excluding tert-OH is 1. The lowest BCUT2D eigenvalue weighted by molar-refractivity contribution is -0.928. The van der Waals surface area contributed by atoms with E-state index in [9.17, 15) is 5.11 Å². The number of likely N-dealkylation sites (N-methyl/N-ethyl adjacent to an activating group) is 1. The van der Waals surface area contributed by atoms with Crippen LogP contribution in [-0.2, 0) is 0 Å². The van der Waals surface area contributed by atoms with E-state index in [4.69, 9.17) is 4.74 Å². The van der Waals surface area contributed by atoms with Crippen LogP contribution >= 0.6 is 0 Å². The Morgan fingerprint density at radius 3 is 2.46 bits per heavy atom. The minimum absolute atomic E-state index is 0.369. The minimum atomic E-state index is -0.415. The molecule has 1 unspecified atom stereocenters. The Balaban J connectivity index is 1.63. The van der Waals surface area contributed by atoms with Crippen molar-refractivity contribution in [3.63, 3.8) is 0 Å². The first-order chi connectivity index (χ1) is 11.7. The predicted octanol–water partition coefficient (Wildman–Crippen LogP) is 3.99. The van der Waals surface area contributed by atoms with Crippen LogP contribution in [0.3, 0.4) is 0 Å². The second-order valence-corrected chi connectivity index (χ2v) is 7.14. The van der Waals surface area contributed by atoms with Gasteiger partial charge in [0.05, 0.1) is 19.6 Å². The number of benzene rings is 2. The van der Waals surface area contributed by atoms with Gasteiger partial charge in [0.25, 0.3) is 0 Å². The topological polar surface area (TPSA) is 29.5 Å². The van der Waals surface area contributed by atoms with E-state index < -0.39 is 6.10 Å². The first-order valence-corrected chi connectivity index (χ1v) is 9.36. The molecule has 130 valence electrons. The summed E-state index contributed by atoms with van der Waals surface area (Å²) >= 11 is 0. The lowest BCUT2D eigenvalue weighted by Crippen LogP contribution is -2.53. The van der Waals surface area contributed by atoms with Gasteiger partial charge >= 0.3 is 0 Å². The Morgan fingerprint density at radius 1 is 1.00 bits per heavy atom. The van der Waals surface area contributed by atoms with Crippen molar-refractivity contribution in [1.29, 1.82) is 0 Å². The molecule has 0 amide bonds. The molecule has 3 nitrogen and oxygen atoms in total. The number of quaternary nitrogens is 1. The molecule has 2 aromatic carbocycles. The van der Waals surface area contributed by atoms with Crippen molar-refractivity contribution in [1.82, 2.24) is 0 Å². The molecule has 1 N–H and O–H groups in total. The summed E-state index contributed by atoms with van der Waals surface area (Å²) in [6.45, 7) is 6.92. The monoisotopic (exact) mass is 328 g/mol. The van der Waals surface area contributed by atoms with Crippen molar-refractivity contribution in [2.45, 2.75) is 38.7 Å². The van der Waals surface area contributed by atoms with E-state index in [1.807, 2.05) is 24.3 Å². The number of rotatable bonds is 6. The smallest absolute Gasteiger partial charge is 0.137 e. The standard InChI is InChI=1S/C21H30NO2/c1-2-22(14-7-3-4-8-15-22)16-19(23)17-24-21-13-9-11-18-10-5-6-12-20(18)21/h5-6,9-13,19,23H,2-4,7-8,14-17H2,1H3/q+1. The van der Waals surface area contributed by atoms with E-state index in [2.05, 4.69) is 25.1 Å². The van der Waals surface area contributed by atoms with Crippen LogP contribution < -0.4 is 4.74 Å². The molecule has 3 heteroatoms. The van der Waals surface area contributed by atoms with Crippen LogP contribution in [0.2, 0.25) is 0 Å². The lowest BCUT2D eigenvalue weighted by Gasteiger charge is -2.38. The van der Waals surface area contributed by atoms with Crippen LogP contribution in [0.5, 0.6) is 5.75 Å². The van der Waals surface area contributed by atoms with E-state index in [1.54, 1.807) is 0 Å². The number of nitrogens with zero attached hydrogens (tertiary/aromatic N) is 1. The second kappa shape index (κ2) is 8.00. The summed E-state index contributed by atoms with van der Waals surface area (Å²) in [7, 11) is 0. The molecule has 1 heterocycles. The summed E-state index contributed by atoms with van der Waals surface area (Å²) in [4.78, 5) is 0. The Labute approximate surface area is 145 Å². The lowest BCUT2D eigenvalue weighted by atomic mass is 10.1. The second-order valence-electron chi connectivity index (χ2n) is 7.14. The molecule has 0 aliphatic carbocycles. The maximum Gasteiger partial charge on any atom is 0.137 e. The molecular weight excluding hydrogens is 298 g/mol. The fourth-order valence-corrected chi connectivity index (χ4v) is 3.99. The highest BCUT2D eigenvalue weighted by Gasteiger charge is 2.29. The largest absolute Gasteiger partial charge is 0.490 e. The predicted molar refractivity (Wildman–Crippen MR) is 99.3 cm³/mol. The first-order valence-electron chi connectivity index (χ1n) is 9.36. The van der Waals surface area contributed by atoms with E-state index >= 15 is 0 Å². The summed E-state index contributed by atoms with van der Waals surface area (Å²) in [5.41, 5.74) is 0. The van der Waals surface area contributed by atoms with E-state index in [0.29, 0.717) is 6.61 Å². The SMILES string of the molecule is CC[N+]1(CC(O)COc2cccc3ccccc23)CCCCCC1. The molecule has 1 aliphatic heterocycles. The normalized spacial score (nSPS) is 18.9. The van der Waals surface area contributed by atoms with E-state index in [0.717, 1.165) is 28.7 Å². The van der Waals surface area contributed by atoms with Crippen molar-refractivity contribution >= 4 is 10.8 Å². The maximum atomic E-state index is 10.6. The average molecular weight is 328 g/mol.